The molecule has 0 spiro atoms. The monoisotopic (exact) mass is 128 g/mol. The third-order valence-corrected chi connectivity index (χ3v) is 1.70. The second kappa shape index (κ2) is 3.67. The van der Waals surface area contributed by atoms with Crippen LogP contribution in [0.3, 0.4) is 0 Å². The highest BCUT2D eigenvalue weighted by Crippen LogP contribution is 2.15. The highest BCUT2D eigenvalue weighted by atomic mass is 16.7. The zero-order chi connectivity index (χ0) is 6.53. The van der Waals surface area contributed by atoms with Gasteiger partial charge in [0.1, 0.15) is 0 Å². The van der Waals surface area contributed by atoms with Gasteiger partial charge in [0.05, 0.1) is 6.10 Å². The highest BCUT2D eigenvalue weighted by molar-refractivity contribution is 4.75. The van der Waals surface area contributed by atoms with Crippen LogP contribution in [-0.2, 0) is 4.74 Å². The van der Waals surface area contributed by atoms with Crippen LogP contribution in [-0.4, -0.2) is 12.7 Å². The van der Waals surface area contributed by atoms with Gasteiger partial charge >= 0.3 is 0 Å². The van der Waals surface area contributed by atoms with E-state index in [4.69, 9.17) is 4.74 Å². The van der Waals surface area contributed by atoms with Crippen LogP contribution < -0.4 is 0 Å². The number of hydrogen-bond acceptors (Lipinski definition) is 1. The molecule has 1 unspecified atom stereocenters. The van der Waals surface area contributed by atoms with Crippen LogP contribution in [0.15, 0.2) is 12.7 Å². The van der Waals surface area contributed by atoms with E-state index in [1.807, 2.05) is 6.08 Å². The molecule has 1 heterocycles. The van der Waals surface area contributed by atoms with Gasteiger partial charge in [-0.25, -0.2) is 0 Å². The maximum absolute atomic E-state index is 5.45. The van der Waals surface area contributed by atoms with E-state index in [0.29, 0.717) is 6.10 Å². The lowest BCUT2D eigenvalue weighted by molar-refractivity contribution is 0.0185. The molecule has 0 amide bonds. The molecule has 1 nitrogen and oxygen atoms in total. The molecule has 1 aliphatic rings. The maximum Gasteiger partial charge on any atom is 0.0609 e. The summed E-state index contributed by atoms with van der Waals surface area (Å²) >= 11 is 0. The molecule has 0 bridgehead atoms. The van der Waals surface area contributed by atoms with Crippen molar-refractivity contribution in [1.82, 2.24) is 0 Å². The van der Waals surface area contributed by atoms with Gasteiger partial charge in [0.2, 0.25) is 0 Å². The summed E-state index contributed by atoms with van der Waals surface area (Å²) in [6, 6.07) is 0. The Kier molecular flexibility index (Phi) is 2.78. The van der Waals surface area contributed by atoms with E-state index in [-0.39, 0.29) is 0 Å². The van der Waals surface area contributed by atoms with E-state index in [1.165, 1.54) is 19.3 Å². The molecule has 9 heavy (non-hydrogen) atoms. The molecule has 1 heteroatoms. The Morgan fingerprint density at radius 3 is 3.00 bits per heavy atom. The Hall–Kier alpha value is -0.300. The summed E-state index contributed by atoms with van der Waals surface area (Å²) < 4.78 is 5.45. The van der Waals surface area contributed by atoms with Crippen molar-refractivity contribution < 1.29 is 4.74 Å². The molecular formula is C8H14O. The van der Waals surface area contributed by atoms with E-state index < -0.39 is 0 Å². The Morgan fingerprint density at radius 2 is 2.44 bits per heavy atom. The maximum atomic E-state index is 5.45. The van der Waals surface area contributed by atoms with Crippen molar-refractivity contribution >= 4 is 0 Å². The fourth-order valence-corrected chi connectivity index (χ4v) is 1.18. The SMILES string of the molecule is C=CC[14CH]1CCCCO1. The van der Waals surface area contributed by atoms with Crippen molar-refractivity contribution in [3.63, 3.8) is 0 Å². The zero-order valence-electron chi connectivity index (χ0n) is 5.81. The van der Waals surface area contributed by atoms with E-state index in [0.717, 1.165) is 13.0 Å². The summed E-state index contributed by atoms with van der Waals surface area (Å²) in [4.78, 5) is 0. The third-order valence-electron chi connectivity index (χ3n) is 1.70. The van der Waals surface area contributed by atoms with Crippen LogP contribution in [0, 0.1) is 0 Å². The minimum atomic E-state index is 0.483. The fourth-order valence-electron chi connectivity index (χ4n) is 1.18. The first-order valence-corrected chi connectivity index (χ1v) is 3.66. The predicted octanol–water partition coefficient (Wildman–Crippen LogP) is 2.13. The lowest BCUT2D eigenvalue weighted by atomic mass is 10.3. The summed E-state index contributed by atoms with van der Waals surface area (Å²) in [5.74, 6) is 0. The smallest absolute Gasteiger partial charge is 0.0609 e. The molecule has 1 fully saturated rings. The van der Waals surface area contributed by atoms with Gasteiger partial charge in [0.15, 0.2) is 0 Å². The summed E-state index contributed by atoms with van der Waals surface area (Å²) in [6.45, 7) is 4.63. The van der Waals surface area contributed by atoms with Crippen LogP contribution in [0.1, 0.15) is 25.7 Å². The second-order valence-corrected chi connectivity index (χ2v) is 2.51. The normalized spacial score (nSPS) is 27.8. The van der Waals surface area contributed by atoms with Crippen molar-refractivity contribution in [2.24, 2.45) is 0 Å². The first-order valence-electron chi connectivity index (χ1n) is 3.66. The molecule has 0 aliphatic carbocycles. The molecular weight excluding hydrogens is 114 g/mol. The summed E-state index contributed by atoms with van der Waals surface area (Å²) in [6.07, 6.45) is 7.25. The minimum absolute atomic E-state index is 0.483. The molecule has 0 aromatic rings. The van der Waals surface area contributed by atoms with Gasteiger partial charge in [-0.1, -0.05) is 6.08 Å². The Morgan fingerprint density at radius 1 is 1.56 bits per heavy atom. The Bertz CT molecular complexity index is 82.6. The molecule has 1 saturated heterocycles. The standard InChI is InChI=1S/C8H14O/c1-2-5-8-6-3-4-7-9-8/h2,8H,1,3-7H2/i8+2. The summed E-state index contributed by atoms with van der Waals surface area (Å²) in [5.41, 5.74) is 0. The summed E-state index contributed by atoms with van der Waals surface area (Å²) in [5, 5.41) is 0. The van der Waals surface area contributed by atoms with Crippen LogP contribution in [0.4, 0.5) is 0 Å². The predicted molar refractivity (Wildman–Crippen MR) is 38.4 cm³/mol. The quantitative estimate of drug-likeness (QED) is 0.518. The van der Waals surface area contributed by atoms with E-state index in [2.05, 4.69) is 6.58 Å². The van der Waals surface area contributed by atoms with Gasteiger partial charge in [0.25, 0.3) is 0 Å². The topological polar surface area (TPSA) is 9.23 Å². The number of rotatable bonds is 2. The van der Waals surface area contributed by atoms with Crippen molar-refractivity contribution in [3.8, 4) is 0 Å². The van der Waals surface area contributed by atoms with Crippen molar-refractivity contribution in [2.75, 3.05) is 6.61 Å². The van der Waals surface area contributed by atoms with Gasteiger partial charge < -0.3 is 4.74 Å². The molecule has 0 radical (unpaired) electrons. The third kappa shape index (κ3) is 2.19. The molecule has 1 rings (SSSR count). The van der Waals surface area contributed by atoms with E-state index >= 15 is 0 Å². The number of ether oxygens (including phenoxy) is 1. The van der Waals surface area contributed by atoms with Gasteiger partial charge in [-0.15, -0.1) is 6.58 Å². The van der Waals surface area contributed by atoms with Crippen molar-refractivity contribution in [3.05, 3.63) is 12.7 Å². The lowest BCUT2D eigenvalue weighted by Crippen LogP contribution is -2.17. The average molecular weight is 128 g/mol. The van der Waals surface area contributed by atoms with Crippen molar-refractivity contribution in [1.29, 1.82) is 0 Å². The van der Waals surface area contributed by atoms with E-state index in [9.17, 15) is 0 Å². The minimum Gasteiger partial charge on any atom is -0.378 e. The second-order valence-electron chi connectivity index (χ2n) is 2.51. The number of hydrogen-bond donors (Lipinski definition) is 0. The van der Waals surface area contributed by atoms with Crippen molar-refractivity contribution in [2.45, 2.75) is 31.8 Å². The molecule has 1 atom stereocenters. The molecule has 52 valence electrons. The van der Waals surface area contributed by atoms with Crippen LogP contribution in [0.2, 0.25) is 0 Å². The van der Waals surface area contributed by atoms with Gasteiger partial charge in [-0.2, -0.15) is 0 Å². The highest BCUT2D eigenvalue weighted by Gasteiger charge is 2.10. The summed E-state index contributed by atoms with van der Waals surface area (Å²) in [7, 11) is 0. The first kappa shape index (κ1) is 6.81. The molecule has 0 saturated carbocycles. The van der Waals surface area contributed by atoms with Crippen LogP contribution in [0.25, 0.3) is 0 Å². The fraction of sp³-hybridized carbons (Fsp3) is 0.750. The molecule has 1 aliphatic heterocycles. The van der Waals surface area contributed by atoms with Crippen LogP contribution >= 0.6 is 0 Å². The lowest BCUT2D eigenvalue weighted by Gasteiger charge is -2.20. The largest absolute Gasteiger partial charge is 0.378 e. The molecule has 0 aromatic carbocycles. The average Bonchev–Trinajstić information content (AvgIpc) is 1.91. The van der Waals surface area contributed by atoms with Gasteiger partial charge in [0, 0.05) is 6.61 Å². The molecule has 0 N–H and O–H groups in total. The zero-order valence-corrected chi connectivity index (χ0v) is 5.81. The first-order chi connectivity index (χ1) is 4.43. The molecule has 0 aromatic heterocycles. The van der Waals surface area contributed by atoms with E-state index in [1.54, 1.807) is 0 Å². The van der Waals surface area contributed by atoms with Crippen LogP contribution in [0.5, 0.6) is 0 Å². The van der Waals surface area contributed by atoms with Gasteiger partial charge in [-0.3, -0.25) is 0 Å². The Balaban J connectivity index is 2.15. The Labute approximate surface area is 56.7 Å². The van der Waals surface area contributed by atoms with Gasteiger partial charge in [-0.05, 0) is 25.7 Å².